The number of aromatic nitrogens is 2. The first kappa shape index (κ1) is 20.3. The molecule has 1 saturated heterocycles. The Morgan fingerprint density at radius 1 is 1.48 bits per heavy atom. The van der Waals surface area contributed by atoms with E-state index in [0.29, 0.717) is 5.92 Å². The zero-order valence-electron chi connectivity index (χ0n) is 15.2. The number of nitrogens with zero attached hydrogens (tertiary/aromatic N) is 4. The molecule has 0 amide bonds. The Bertz CT molecular complexity index is 511. The number of halogens is 1. The fourth-order valence-electron chi connectivity index (χ4n) is 3.20. The molecule has 0 saturated carbocycles. The second-order valence-corrected chi connectivity index (χ2v) is 6.84. The molecule has 5 nitrogen and oxygen atoms in total. The average molecular weight is 433 g/mol. The Labute approximate surface area is 157 Å². The van der Waals surface area contributed by atoms with Gasteiger partial charge in [0, 0.05) is 38.9 Å². The molecule has 1 N–H and O–H groups in total. The van der Waals surface area contributed by atoms with Crippen LogP contribution in [-0.2, 0) is 6.54 Å². The van der Waals surface area contributed by atoms with Crippen LogP contribution in [0.2, 0.25) is 0 Å². The highest BCUT2D eigenvalue weighted by Crippen LogP contribution is 2.15. The minimum absolute atomic E-state index is 0. The van der Waals surface area contributed by atoms with E-state index in [1.54, 1.807) is 0 Å². The highest BCUT2D eigenvalue weighted by atomic mass is 127. The smallest absolute Gasteiger partial charge is 0.193 e. The summed E-state index contributed by atoms with van der Waals surface area (Å²) in [5.41, 5.74) is 2.33. The summed E-state index contributed by atoms with van der Waals surface area (Å²) < 4.78 is 2.10. The molecule has 1 aromatic heterocycles. The quantitative estimate of drug-likeness (QED) is 0.451. The first-order valence-electron chi connectivity index (χ1n) is 8.46. The number of piperidine rings is 1. The molecule has 1 fully saturated rings. The molecule has 1 aromatic rings. The topological polar surface area (TPSA) is 45.5 Å². The van der Waals surface area contributed by atoms with E-state index in [1.165, 1.54) is 18.5 Å². The summed E-state index contributed by atoms with van der Waals surface area (Å²) >= 11 is 0. The Kier molecular flexibility index (Phi) is 8.36. The second kappa shape index (κ2) is 9.49. The van der Waals surface area contributed by atoms with E-state index in [9.17, 15) is 0 Å². The molecular weight excluding hydrogens is 401 g/mol. The Hall–Kier alpha value is -0.790. The molecule has 0 aliphatic carbocycles. The highest BCUT2D eigenvalue weighted by Gasteiger charge is 2.19. The van der Waals surface area contributed by atoms with E-state index in [0.717, 1.165) is 43.8 Å². The largest absolute Gasteiger partial charge is 0.356 e. The van der Waals surface area contributed by atoms with Gasteiger partial charge in [-0.25, -0.2) is 0 Å². The molecule has 23 heavy (non-hydrogen) atoms. The second-order valence-electron chi connectivity index (χ2n) is 6.84. The normalized spacial score (nSPS) is 20.1. The van der Waals surface area contributed by atoms with Crippen LogP contribution in [0.25, 0.3) is 0 Å². The van der Waals surface area contributed by atoms with Crippen molar-refractivity contribution in [2.24, 2.45) is 16.8 Å². The van der Waals surface area contributed by atoms with Crippen molar-refractivity contribution in [2.75, 3.05) is 26.7 Å². The number of nitrogens with one attached hydrogen (secondary N) is 1. The predicted molar refractivity (Wildman–Crippen MR) is 108 cm³/mol. The molecule has 2 rings (SSSR count). The number of aliphatic imine (C=N–C) groups is 1. The third-order valence-corrected chi connectivity index (χ3v) is 4.36. The van der Waals surface area contributed by atoms with Gasteiger partial charge in [0.15, 0.2) is 5.96 Å². The van der Waals surface area contributed by atoms with Gasteiger partial charge in [0.1, 0.15) is 0 Å². The molecule has 2 unspecified atom stereocenters. The van der Waals surface area contributed by atoms with Crippen molar-refractivity contribution in [1.82, 2.24) is 20.0 Å². The maximum atomic E-state index is 4.55. The Morgan fingerprint density at radius 3 is 2.78 bits per heavy atom. The molecule has 0 spiro atoms. The van der Waals surface area contributed by atoms with Crippen molar-refractivity contribution < 1.29 is 0 Å². The third kappa shape index (κ3) is 5.97. The lowest BCUT2D eigenvalue weighted by molar-refractivity contribution is 0.264. The zero-order chi connectivity index (χ0) is 16.1. The van der Waals surface area contributed by atoms with Crippen LogP contribution in [0.15, 0.2) is 11.1 Å². The Balaban J connectivity index is 0.00000264. The van der Waals surface area contributed by atoms with Gasteiger partial charge in [0.05, 0.1) is 5.69 Å². The molecule has 0 bridgehead atoms. The van der Waals surface area contributed by atoms with Crippen LogP contribution < -0.4 is 5.32 Å². The average Bonchev–Trinajstić information content (AvgIpc) is 2.77. The number of aryl methyl sites for hydroxylation is 2. The number of guanidine groups is 1. The summed E-state index contributed by atoms with van der Waals surface area (Å²) in [6, 6.07) is 2.13. The van der Waals surface area contributed by atoms with Crippen molar-refractivity contribution in [1.29, 1.82) is 0 Å². The predicted octanol–water partition coefficient (Wildman–Crippen LogP) is 3.06. The van der Waals surface area contributed by atoms with E-state index in [4.69, 9.17) is 0 Å². The van der Waals surface area contributed by atoms with Gasteiger partial charge in [0.25, 0.3) is 0 Å². The standard InChI is InChI=1S/C17H31N5.HI/c1-13-7-6-8-21(11-13)17(18-5)19-10-14(2)12-22-16(4)9-15(3)20-22;/h9,13-14H,6-8,10-12H2,1-5H3,(H,18,19);1H. The summed E-state index contributed by atoms with van der Waals surface area (Å²) in [7, 11) is 1.88. The number of hydrogen-bond acceptors (Lipinski definition) is 2. The molecule has 0 aromatic carbocycles. The Morgan fingerprint density at radius 2 is 2.22 bits per heavy atom. The van der Waals surface area contributed by atoms with Gasteiger partial charge in [0.2, 0.25) is 0 Å². The van der Waals surface area contributed by atoms with E-state index in [2.05, 4.69) is 51.8 Å². The zero-order valence-corrected chi connectivity index (χ0v) is 17.5. The van der Waals surface area contributed by atoms with Crippen molar-refractivity contribution in [3.05, 3.63) is 17.5 Å². The van der Waals surface area contributed by atoms with Crippen LogP contribution in [0.3, 0.4) is 0 Å². The van der Waals surface area contributed by atoms with Gasteiger partial charge in [-0.1, -0.05) is 13.8 Å². The molecule has 2 heterocycles. The SMILES string of the molecule is CN=C(NCC(C)Cn1nc(C)cc1C)N1CCCC(C)C1.I. The van der Waals surface area contributed by atoms with Gasteiger partial charge in [-0.05, 0) is 44.6 Å². The maximum Gasteiger partial charge on any atom is 0.193 e. The number of rotatable bonds is 4. The first-order chi connectivity index (χ1) is 10.5. The monoisotopic (exact) mass is 433 g/mol. The minimum Gasteiger partial charge on any atom is -0.356 e. The van der Waals surface area contributed by atoms with E-state index >= 15 is 0 Å². The van der Waals surface area contributed by atoms with Gasteiger partial charge >= 0.3 is 0 Å². The van der Waals surface area contributed by atoms with Gasteiger partial charge in [-0.15, -0.1) is 24.0 Å². The molecular formula is C17H32IN5. The molecule has 2 atom stereocenters. The van der Waals surface area contributed by atoms with E-state index in [1.807, 2.05) is 14.0 Å². The lowest BCUT2D eigenvalue weighted by atomic mass is 10.0. The minimum atomic E-state index is 0. The van der Waals surface area contributed by atoms with Crippen molar-refractivity contribution in [3.8, 4) is 0 Å². The van der Waals surface area contributed by atoms with Crippen LogP contribution in [-0.4, -0.2) is 47.3 Å². The van der Waals surface area contributed by atoms with Crippen LogP contribution in [0.4, 0.5) is 0 Å². The molecule has 1 aliphatic heterocycles. The summed E-state index contributed by atoms with van der Waals surface area (Å²) in [6.07, 6.45) is 2.60. The number of likely N-dealkylation sites (tertiary alicyclic amines) is 1. The summed E-state index contributed by atoms with van der Waals surface area (Å²) in [4.78, 5) is 6.85. The van der Waals surface area contributed by atoms with Gasteiger partial charge in [-0.3, -0.25) is 9.67 Å². The molecule has 1 aliphatic rings. The fourth-order valence-corrected chi connectivity index (χ4v) is 3.20. The molecule has 132 valence electrons. The fraction of sp³-hybridized carbons (Fsp3) is 0.765. The molecule has 6 heteroatoms. The van der Waals surface area contributed by atoms with Crippen molar-refractivity contribution in [2.45, 2.75) is 47.1 Å². The van der Waals surface area contributed by atoms with Gasteiger partial charge < -0.3 is 10.2 Å². The summed E-state index contributed by atoms with van der Waals surface area (Å²) in [5, 5.41) is 8.09. The van der Waals surface area contributed by atoms with Crippen molar-refractivity contribution >= 4 is 29.9 Å². The van der Waals surface area contributed by atoms with Crippen molar-refractivity contribution in [3.63, 3.8) is 0 Å². The van der Waals surface area contributed by atoms with E-state index < -0.39 is 0 Å². The lowest BCUT2D eigenvalue weighted by Crippen LogP contribution is -2.47. The molecule has 0 radical (unpaired) electrons. The third-order valence-electron chi connectivity index (χ3n) is 4.36. The van der Waals surface area contributed by atoms with Crippen LogP contribution >= 0.6 is 24.0 Å². The number of hydrogen-bond donors (Lipinski definition) is 1. The van der Waals surface area contributed by atoms with E-state index in [-0.39, 0.29) is 24.0 Å². The van der Waals surface area contributed by atoms with Crippen LogP contribution in [0.1, 0.15) is 38.1 Å². The van der Waals surface area contributed by atoms with Gasteiger partial charge in [-0.2, -0.15) is 5.10 Å². The highest BCUT2D eigenvalue weighted by molar-refractivity contribution is 14.0. The van der Waals surface area contributed by atoms with Crippen LogP contribution in [0, 0.1) is 25.7 Å². The summed E-state index contributed by atoms with van der Waals surface area (Å²) in [5.74, 6) is 2.32. The first-order valence-corrected chi connectivity index (χ1v) is 8.46. The van der Waals surface area contributed by atoms with Crippen LogP contribution in [0.5, 0.6) is 0 Å². The lowest BCUT2D eigenvalue weighted by Gasteiger charge is -2.34. The maximum absolute atomic E-state index is 4.55. The summed E-state index contributed by atoms with van der Waals surface area (Å²) in [6.45, 7) is 12.9.